The lowest BCUT2D eigenvalue weighted by Crippen LogP contribution is -2.29. The molecule has 2 aromatic rings. The van der Waals surface area contributed by atoms with Crippen molar-refractivity contribution < 1.29 is 14.3 Å². The third-order valence-corrected chi connectivity index (χ3v) is 4.36. The Bertz CT molecular complexity index is 820. The fourth-order valence-electron chi connectivity index (χ4n) is 2.91. The van der Waals surface area contributed by atoms with E-state index in [-0.39, 0.29) is 11.8 Å². The third-order valence-electron chi connectivity index (χ3n) is 3.90. The fourth-order valence-corrected chi connectivity index (χ4v) is 3.41. The van der Waals surface area contributed by atoms with E-state index in [4.69, 9.17) is 4.74 Å². The van der Waals surface area contributed by atoms with Crippen LogP contribution in [0.2, 0.25) is 0 Å². The van der Waals surface area contributed by atoms with Crippen LogP contribution in [0.4, 0.5) is 11.4 Å². The molecule has 0 aliphatic carbocycles. The maximum absolute atomic E-state index is 12.9. The molecule has 5 nitrogen and oxygen atoms in total. The molecule has 3 rings (SSSR count). The van der Waals surface area contributed by atoms with E-state index in [9.17, 15) is 9.59 Å². The summed E-state index contributed by atoms with van der Waals surface area (Å²) in [6, 6.07) is 10.9. The number of halogens is 1. The molecule has 1 N–H and O–H groups in total. The second-order valence-corrected chi connectivity index (χ2v) is 6.50. The molecule has 0 spiro atoms. The molecule has 0 fully saturated rings. The summed E-state index contributed by atoms with van der Waals surface area (Å²) in [5, 5.41) is 2.82. The number of methoxy groups -OCH3 is 1. The number of rotatable bonds is 3. The first-order chi connectivity index (χ1) is 11.5. The monoisotopic (exact) mass is 388 g/mol. The van der Waals surface area contributed by atoms with Gasteiger partial charge in [0.15, 0.2) is 0 Å². The average molecular weight is 389 g/mol. The zero-order valence-electron chi connectivity index (χ0n) is 13.4. The molecule has 124 valence electrons. The molecule has 0 unspecified atom stereocenters. The largest absolute Gasteiger partial charge is 0.497 e. The number of ether oxygens (including phenoxy) is 1. The summed E-state index contributed by atoms with van der Waals surface area (Å²) >= 11 is 3.46. The lowest BCUT2D eigenvalue weighted by molar-refractivity contribution is -0.114. The van der Waals surface area contributed by atoms with Crippen LogP contribution >= 0.6 is 15.9 Å². The zero-order chi connectivity index (χ0) is 17.3. The van der Waals surface area contributed by atoms with Crippen LogP contribution in [-0.2, 0) is 11.2 Å². The first kappa shape index (κ1) is 16.5. The van der Waals surface area contributed by atoms with Gasteiger partial charge in [-0.1, -0.05) is 22.0 Å². The Morgan fingerprint density at radius 2 is 2.04 bits per heavy atom. The number of carbonyl (C=O) groups excluding carboxylic acids is 2. The Balaban J connectivity index is 2.01. The van der Waals surface area contributed by atoms with Crippen molar-refractivity contribution in [3.05, 3.63) is 52.0 Å². The van der Waals surface area contributed by atoms with E-state index in [2.05, 4.69) is 21.2 Å². The van der Waals surface area contributed by atoms with E-state index in [0.29, 0.717) is 23.5 Å². The molecule has 0 saturated heterocycles. The molecule has 2 amide bonds. The highest BCUT2D eigenvalue weighted by Gasteiger charge is 2.29. The van der Waals surface area contributed by atoms with E-state index < -0.39 is 0 Å². The smallest absolute Gasteiger partial charge is 0.258 e. The van der Waals surface area contributed by atoms with Crippen LogP contribution in [0.5, 0.6) is 5.75 Å². The highest BCUT2D eigenvalue weighted by atomic mass is 79.9. The summed E-state index contributed by atoms with van der Waals surface area (Å²) in [7, 11) is 1.57. The van der Waals surface area contributed by atoms with Gasteiger partial charge in [0.1, 0.15) is 5.75 Å². The van der Waals surface area contributed by atoms with E-state index >= 15 is 0 Å². The van der Waals surface area contributed by atoms with Crippen LogP contribution in [0, 0.1) is 0 Å². The summed E-state index contributed by atoms with van der Waals surface area (Å²) < 4.78 is 6.07. The van der Waals surface area contributed by atoms with Crippen molar-refractivity contribution in [3.8, 4) is 5.75 Å². The van der Waals surface area contributed by atoms with Gasteiger partial charge in [-0.2, -0.15) is 0 Å². The second-order valence-electron chi connectivity index (χ2n) is 5.58. The number of benzene rings is 2. The van der Waals surface area contributed by atoms with Gasteiger partial charge < -0.3 is 15.0 Å². The minimum absolute atomic E-state index is 0.110. The predicted molar refractivity (Wildman–Crippen MR) is 96.8 cm³/mol. The maximum Gasteiger partial charge on any atom is 0.258 e. The van der Waals surface area contributed by atoms with Gasteiger partial charge in [0.2, 0.25) is 5.91 Å². The van der Waals surface area contributed by atoms with Crippen molar-refractivity contribution in [3.63, 3.8) is 0 Å². The molecular formula is C18H17BrN2O3. The highest BCUT2D eigenvalue weighted by molar-refractivity contribution is 9.10. The standard InChI is InChI=1S/C18H17BrN2O3/c1-11(22)20-16-10-14(19)8-12-6-7-21(17(12)16)18(23)13-4-3-5-15(9-13)24-2/h3-5,8-10H,6-7H2,1-2H3,(H,20,22). The van der Waals surface area contributed by atoms with Crippen molar-refractivity contribution in [2.45, 2.75) is 13.3 Å². The number of anilines is 2. The Kier molecular flexibility index (Phi) is 4.57. The average Bonchev–Trinajstić information content (AvgIpc) is 2.97. The van der Waals surface area contributed by atoms with Gasteiger partial charge in [0, 0.05) is 23.5 Å². The number of hydrogen-bond acceptors (Lipinski definition) is 3. The molecule has 24 heavy (non-hydrogen) atoms. The quantitative estimate of drug-likeness (QED) is 0.873. The van der Waals surface area contributed by atoms with Gasteiger partial charge in [-0.05, 0) is 42.3 Å². The fraction of sp³-hybridized carbons (Fsp3) is 0.222. The Morgan fingerprint density at radius 3 is 2.75 bits per heavy atom. The van der Waals surface area contributed by atoms with Crippen molar-refractivity contribution in [2.24, 2.45) is 0 Å². The molecule has 1 aliphatic heterocycles. The number of amides is 2. The number of carbonyl (C=O) groups is 2. The van der Waals surface area contributed by atoms with Crippen molar-refractivity contribution in [1.29, 1.82) is 0 Å². The lowest BCUT2D eigenvalue weighted by atomic mass is 10.1. The number of fused-ring (bicyclic) bond motifs is 1. The summed E-state index contributed by atoms with van der Waals surface area (Å²) in [6.07, 6.45) is 0.747. The molecule has 0 radical (unpaired) electrons. The van der Waals surface area contributed by atoms with Gasteiger partial charge in [-0.3, -0.25) is 9.59 Å². The van der Waals surface area contributed by atoms with Gasteiger partial charge in [-0.25, -0.2) is 0 Å². The third kappa shape index (κ3) is 3.14. The van der Waals surface area contributed by atoms with Crippen molar-refractivity contribution in [1.82, 2.24) is 0 Å². The minimum atomic E-state index is -0.170. The zero-order valence-corrected chi connectivity index (χ0v) is 15.0. The van der Waals surface area contributed by atoms with Crippen LogP contribution in [0.15, 0.2) is 40.9 Å². The van der Waals surface area contributed by atoms with E-state index in [1.165, 1.54) is 6.92 Å². The lowest BCUT2D eigenvalue weighted by Gasteiger charge is -2.21. The maximum atomic E-state index is 12.9. The minimum Gasteiger partial charge on any atom is -0.497 e. The normalized spacial score (nSPS) is 12.7. The molecule has 2 aromatic carbocycles. The second kappa shape index (κ2) is 6.65. The van der Waals surface area contributed by atoms with Crippen LogP contribution in [0.3, 0.4) is 0 Å². The molecule has 0 aromatic heterocycles. The van der Waals surface area contributed by atoms with Crippen LogP contribution in [-0.4, -0.2) is 25.5 Å². The molecule has 1 aliphatic rings. The molecule has 6 heteroatoms. The van der Waals surface area contributed by atoms with E-state index in [1.807, 2.05) is 12.1 Å². The van der Waals surface area contributed by atoms with E-state index in [0.717, 1.165) is 22.1 Å². The van der Waals surface area contributed by atoms with E-state index in [1.54, 1.807) is 36.3 Å². The van der Waals surface area contributed by atoms with Crippen LogP contribution in [0.1, 0.15) is 22.8 Å². The van der Waals surface area contributed by atoms with Gasteiger partial charge in [-0.15, -0.1) is 0 Å². The first-order valence-corrected chi connectivity index (χ1v) is 8.35. The van der Waals surface area contributed by atoms with Crippen molar-refractivity contribution >= 4 is 39.1 Å². The summed E-state index contributed by atoms with van der Waals surface area (Å²) in [4.78, 5) is 26.2. The van der Waals surface area contributed by atoms with Gasteiger partial charge in [0.05, 0.1) is 18.5 Å². The molecule has 0 bridgehead atoms. The van der Waals surface area contributed by atoms with Crippen LogP contribution in [0.25, 0.3) is 0 Å². The summed E-state index contributed by atoms with van der Waals surface area (Å²) in [5.74, 6) is 0.357. The summed E-state index contributed by atoms with van der Waals surface area (Å²) in [5.41, 5.74) is 2.99. The number of nitrogens with zero attached hydrogens (tertiary/aromatic N) is 1. The Labute approximate surface area is 148 Å². The summed E-state index contributed by atoms with van der Waals surface area (Å²) in [6.45, 7) is 2.03. The Hall–Kier alpha value is -2.34. The molecule has 0 atom stereocenters. The molecule has 1 heterocycles. The highest BCUT2D eigenvalue weighted by Crippen LogP contribution is 2.39. The van der Waals surface area contributed by atoms with Crippen molar-refractivity contribution in [2.75, 3.05) is 23.9 Å². The van der Waals surface area contributed by atoms with Gasteiger partial charge in [0.25, 0.3) is 5.91 Å². The number of hydrogen-bond donors (Lipinski definition) is 1. The Morgan fingerprint density at radius 1 is 1.25 bits per heavy atom. The molecule has 0 saturated carbocycles. The first-order valence-electron chi connectivity index (χ1n) is 7.55. The van der Waals surface area contributed by atoms with Gasteiger partial charge >= 0.3 is 0 Å². The number of nitrogens with one attached hydrogen (secondary N) is 1. The molecular weight excluding hydrogens is 372 g/mol. The van der Waals surface area contributed by atoms with Crippen LogP contribution < -0.4 is 15.0 Å². The predicted octanol–water partition coefficient (Wildman–Crippen LogP) is 3.62. The topological polar surface area (TPSA) is 58.6 Å². The SMILES string of the molecule is COc1cccc(C(=O)N2CCc3cc(Br)cc(NC(C)=O)c32)c1.